The molecule has 0 aliphatic carbocycles. The maximum atomic E-state index is 13.3. The first-order chi connectivity index (χ1) is 9.27. The van der Waals surface area contributed by atoms with Gasteiger partial charge in [0, 0.05) is 18.1 Å². The van der Waals surface area contributed by atoms with E-state index in [9.17, 15) is 4.39 Å². The first kappa shape index (κ1) is 15.0. The summed E-state index contributed by atoms with van der Waals surface area (Å²) in [7, 11) is -0.582. The normalized spacial score (nSPS) is 19.9. The average molecular weight is 276 g/mol. The highest BCUT2D eigenvalue weighted by Gasteiger charge is 2.52. The van der Waals surface area contributed by atoms with Crippen LogP contribution >= 0.6 is 0 Å². The van der Waals surface area contributed by atoms with E-state index in [0.717, 1.165) is 0 Å². The SMILES string of the molecule is CC1(C)OB(c2cnc(F)cc2CCC#N)OC1(C)C. The van der Waals surface area contributed by atoms with Gasteiger partial charge in [-0.1, -0.05) is 0 Å². The molecule has 0 aromatic carbocycles. The summed E-state index contributed by atoms with van der Waals surface area (Å²) in [5, 5.41) is 8.70. The van der Waals surface area contributed by atoms with Crippen LogP contribution in [-0.2, 0) is 15.7 Å². The highest BCUT2D eigenvalue weighted by molar-refractivity contribution is 6.62. The van der Waals surface area contributed by atoms with Crippen molar-refractivity contribution in [1.29, 1.82) is 5.26 Å². The third kappa shape index (κ3) is 2.69. The molecule has 4 nitrogen and oxygen atoms in total. The molecule has 106 valence electrons. The van der Waals surface area contributed by atoms with Crippen LogP contribution in [0.3, 0.4) is 0 Å². The number of nitriles is 1. The molecular weight excluding hydrogens is 258 g/mol. The van der Waals surface area contributed by atoms with E-state index in [1.165, 1.54) is 12.3 Å². The zero-order valence-electron chi connectivity index (χ0n) is 12.2. The quantitative estimate of drug-likeness (QED) is 0.625. The van der Waals surface area contributed by atoms with Gasteiger partial charge in [-0.15, -0.1) is 0 Å². The van der Waals surface area contributed by atoms with Crippen molar-refractivity contribution >= 4 is 12.6 Å². The van der Waals surface area contributed by atoms with Gasteiger partial charge in [-0.25, -0.2) is 4.98 Å². The molecule has 0 spiro atoms. The average Bonchev–Trinajstić information content (AvgIpc) is 2.55. The molecule has 1 fully saturated rings. The van der Waals surface area contributed by atoms with Gasteiger partial charge in [0.2, 0.25) is 5.95 Å². The lowest BCUT2D eigenvalue weighted by molar-refractivity contribution is 0.00578. The number of aromatic nitrogens is 1. The predicted molar refractivity (Wildman–Crippen MR) is 73.8 cm³/mol. The van der Waals surface area contributed by atoms with E-state index >= 15 is 0 Å². The molecule has 0 saturated carbocycles. The Kier molecular flexibility index (Phi) is 3.85. The lowest BCUT2D eigenvalue weighted by atomic mass is 9.76. The van der Waals surface area contributed by atoms with Crippen molar-refractivity contribution in [3.8, 4) is 6.07 Å². The molecule has 0 bridgehead atoms. The van der Waals surface area contributed by atoms with E-state index in [1.54, 1.807) is 0 Å². The van der Waals surface area contributed by atoms with Crippen LogP contribution in [0.5, 0.6) is 0 Å². The molecule has 1 aromatic rings. The van der Waals surface area contributed by atoms with Crippen molar-refractivity contribution < 1.29 is 13.7 Å². The summed E-state index contributed by atoms with van der Waals surface area (Å²) in [6.07, 6.45) is 2.20. The van der Waals surface area contributed by atoms with Crippen LogP contribution in [0.4, 0.5) is 4.39 Å². The van der Waals surface area contributed by atoms with Crippen LogP contribution in [0.1, 0.15) is 39.7 Å². The fourth-order valence-electron chi connectivity index (χ4n) is 2.07. The van der Waals surface area contributed by atoms with Gasteiger partial charge in [-0.2, -0.15) is 9.65 Å². The van der Waals surface area contributed by atoms with E-state index in [4.69, 9.17) is 14.6 Å². The number of nitrogens with zero attached hydrogens (tertiary/aromatic N) is 2. The molecule has 1 aromatic heterocycles. The molecule has 6 heteroatoms. The fraction of sp³-hybridized carbons (Fsp3) is 0.571. The van der Waals surface area contributed by atoms with Gasteiger partial charge in [0.25, 0.3) is 0 Å². The maximum absolute atomic E-state index is 13.3. The Morgan fingerprint density at radius 1 is 1.30 bits per heavy atom. The van der Waals surface area contributed by atoms with E-state index < -0.39 is 24.3 Å². The third-order valence-corrected chi connectivity index (χ3v) is 4.00. The van der Waals surface area contributed by atoms with Crippen LogP contribution in [0.25, 0.3) is 0 Å². The second-order valence-electron chi connectivity index (χ2n) is 5.95. The standard InChI is InChI=1S/C14H18BFN2O2/c1-13(2)14(3,4)20-15(19-13)11-9-18-12(16)8-10(11)6-5-7-17/h8-9H,5-6H2,1-4H3. The van der Waals surface area contributed by atoms with Gasteiger partial charge in [0.15, 0.2) is 0 Å². The zero-order chi connectivity index (χ0) is 15.0. The Hall–Kier alpha value is -1.45. The molecule has 1 aliphatic rings. The van der Waals surface area contributed by atoms with Gasteiger partial charge in [-0.3, -0.25) is 0 Å². The second kappa shape index (κ2) is 5.15. The molecule has 0 atom stereocenters. The lowest BCUT2D eigenvalue weighted by Crippen LogP contribution is -2.41. The molecule has 2 heterocycles. The minimum atomic E-state index is -0.582. The number of hydrogen-bond acceptors (Lipinski definition) is 4. The lowest BCUT2D eigenvalue weighted by Gasteiger charge is -2.32. The minimum Gasteiger partial charge on any atom is -0.399 e. The summed E-state index contributed by atoms with van der Waals surface area (Å²) in [6.45, 7) is 7.83. The van der Waals surface area contributed by atoms with Crippen molar-refractivity contribution in [2.75, 3.05) is 0 Å². The Morgan fingerprint density at radius 2 is 1.90 bits per heavy atom. The zero-order valence-corrected chi connectivity index (χ0v) is 12.2. The largest absolute Gasteiger partial charge is 0.496 e. The molecular formula is C14H18BFN2O2. The summed E-state index contributed by atoms with van der Waals surface area (Å²) in [5.41, 5.74) is 0.481. The molecule has 1 aliphatic heterocycles. The Balaban J connectivity index is 2.32. The van der Waals surface area contributed by atoms with E-state index in [-0.39, 0.29) is 0 Å². The van der Waals surface area contributed by atoms with Crippen molar-refractivity contribution in [2.24, 2.45) is 0 Å². The Bertz CT molecular complexity index is 539. The van der Waals surface area contributed by atoms with Crippen molar-refractivity contribution in [3.63, 3.8) is 0 Å². The molecule has 0 amide bonds. The number of pyridine rings is 1. The highest BCUT2D eigenvalue weighted by atomic mass is 19.1. The number of halogens is 1. The summed E-state index contributed by atoms with van der Waals surface area (Å²) >= 11 is 0. The van der Waals surface area contributed by atoms with Crippen LogP contribution in [0.15, 0.2) is 12.3 Å². The van der Waals surface area contributed by atoms with Crippen molar-refractivity contribution in [3.05, 3.63) is 23.8 Å². The van der Waals surface area contributed by atoms with Crippen molar-refractivity contribution in [1.82, 2.24) is 4.98 Å². The smallest absolute Gasteiger partial charge is 0.399 e. The van der Waals surface area contributed by atoms with E-state index in [0.29, 0.717) is 23.9 Å². The summed E-state index contributed by atoms with van der Waals surface area (Å²) in [6, 6.07) is 3.41. The minimum absolute atomic E-state index is 0.315. The predicted octanol–water partition coefficient (Wildman–Crippen LogP) is 1.98. The molecule has 20 heavy (non-hydrogen) atoms. The Morgan fingerprint density at radius 3 is 2.45 bits per heavy atom. The van der Waals surface area contributed by atoms with Crippen LogP contribution < -0.4 is 5.46 Å². The maximum Gasteiger partial charge on any atom is 0.496 e. The molecule has 2 rings (SSSR count). The van der Waals surface area contributed by atoms with Gasteiger partial charge in [0.05, 0.1) is 17.3 Å². The van der Waals surface area contributed by atoms with Crippen LogP contribution in [-0.4, -0.2) is 23.3 Å². The molecule has 0 unspecified atom stereocenters. The summed E-state index contributed by atoms with van der Waals surface area (Å²) in [4.78, 5) is 3.68. The fourth-order valence-corrected chi connectivity index (χ4v) is 2.07. The first-order valence-corrected chi connectivity index (χ1v) is 6.64. The monoisotopic (exact) mass is 276 g/mol. The topological polar surface area (TPSA) is 55.1 Å². The van der Waals surface area contributed by atoms with Crippen LogP contribution in [0.2, 0.25) is 0 Å². The molecule has 0 N–H and O–H groups in total. The van der Waals surface area contributed by atoms with Gasteiger partial charge < -0.3 is 9.31 Å². The summed E-state index contributed by atoms with van der Waals surface area (Å²) < 4.78 is 25.2. The number of hydrogen-bond donors (Lipinski definition) is 0. The van der Waals surface area contributed by atoms with Crippen LogP contribution in [0, 0.1) is 17.3 Å². The third-order valence-electron chi connectivity index (χ3n) is 4.00. The highest BCUT2D eigenvalue weighted by Crippen LogP contribution is 2.36. The second-order valence-corrected chi connectivity index (χ2v) is 5.95. The van der Waals surface area contributed by atoms with E-state index in [2.05, 4.69) is 11.1 Å². The van der Waals surface area contributed by atoms with Crippen molar-refractivity contribution in [2.45, 2.75) is 51.7 Å². The van der Waals surface area contributed by atoms with Gasteiger partial charge in [0.1, 0.15) is 0 Å². The Labute approximate surface area is 119 Å². The van der Waals surface area contributed by atoms with E-state index in [1.807, 2.05) is 27.7 Å². The van der Waals surface area contributed by atoms with Gasteiger partial charge in [-0.05, 0) is 45.7 Å². The van der Waals surface area contributed by atoms with Gasteiger partial charge >= 0.3 is 7.12 Å². The number of rotatable bonds is 3. The number of aryl methyl sites for hydroxylation is 1. The molecule has 0 radical (unpaired) electrons. The molecule has 1 saturated heterocycles. The first-order valence-electron chi connectivity index (χ1n) is 6.64. The summed E-state index contributed by atoms with van der Waals surface area (Å²) in [5.74, 6) is -0.557.